The summed E-state index contributed by atoms with van der Waals surface area (Å²) in [6, 6.07) is 2.00. The van der Waals surface area contributed by atoms with Gasteiger partial charge < -0.3 is 10.1 Å². The SMILES string of the molecule is COC(=O)c1cc(NC2CCSC2C)c(F)cc1F. The topological polar surface area (TPSA) is 38.3 Å². The molecule has 1 aliphatic rings. The lowest BCUT2D eigenvalue weighted by molar-refractivity contribution is 0.0595. The van der Waals surface area contributed by atoms with E-state index in [9.17, 15) is 13.6 Å². The largest absolute Gasteiger partial charge is 0.465 e. The van der Waals surface area contributed by atoms with Gasteiger partial charge in [-0.05, 0) is 18.2 Å². The third kappa shape index (κ3) is 3.00. The molecule has 0 saturated carbocycles. The van der Waals surface area contributed by atoms with Gasteiger partial charge in [0, 0.05) is 17.4 Å². The van der Waals surface area contributed by atoms with Crippen LogP contribution in [0.4, 0.5) is 14.5 Å². The average Bonchev–Trinajstić information content (AvgIpc) is 2.77. The Hall–Kier alpha value is -1.30. The van der Waals surface area contributed by atoms with Gasteiger partial charge in [0.25, 0.3) is 0 Å². The van der Waals surface area contributed by atoms with Gasteiger partial charge in [0.1, 0.15) is 11.6 Å². The van der Waals surface area contributed by atoms with E-state index in [0.29, 0.717) is 11.3 Å². The minimum absolute atomic E-state index is 0.121. The highest BCUT2D eigenvalue weighted by molar-refractivity contribution is 8.00. The van der Waals surface area contributed by atoms with Crippen molar-refractivity contribution in [3.63, 3.8) is 0 Å². The molecule has 1 saturated heterocycles. The number of hydrogen-bond donors (Lipinski definition) is 1. The summed E-state index contributed by atoms with van der Waals surface area (Å²) in [5.74, 6) is -1.42. The monoisotopic (exact) mass is 287 g/mol. The number of benzene rings is 1. The molecular formula is C13H15F2NO2S. The Morgan fingerprint density at radius 2 is 2.16 bits per heavy atom. The quantitative estimate of drug-likeness (QED) is 0.867. The predicted molar refractivity (Wildman–Crippen MR) is 71.6 cm³/mol. The first kappa shape index (κ1) is 14.1. The second-order valence-electron chi connectivity index (χ2n) is 4.42. The summed E-state index contributed by atoms with van der Waals surface area (Å²) in [5, 5.41) is 3.39. The molecule has 1 aromatic rings. The molecule has 2 atom stereocenters. The minimum Gasteiger partial charge on any atom is -0.465 e. The second kappa shape index (κ2) is 5.77. The van der Waals surface area contributed by atoms with Gasteiger partial charge in [0.2, 0.25) is 0 Å². The van der Waals surface area contributed by atoms with Crippen LogP contribution < -0.4 is 5.32 Å². The fourth-order valence-electron chi connectivity index (χ4n) is 2.05. The van der Waals surface area contributed by atoms with Gasteiger partial charge in [0.15, 0.2) is 0 Å². The van der Waals surface area contributed by atoms with Crippen LogP contribution in [0.15, 0.2) is 12.1 Å². The molecule has 0 radical (unpaired) electrons. The molecule has 104 valence electrons. The first-order chi connectivity index (χ1) is 9.02. The van der Waals surface area contributed by atoms with Crippen molar-refractivity contribution in [2.24, 2.45) is 0 Å². The lowest BCUT2D eigenvalue weighted by Crippen LogP contribution is -2.25. The third-order valence-electron chi connectivity index (χ3n) is 3.18. The number of rotatable bonds is 3. The third-order valence-corrected chi connectivity index (χ3v) is 4.50. The van der Waals surface area contributed by atoms with Crippen LogP contribution in [0.2, 0.25) is 0 Å². The molecule has 0 bridgehead atoms. The van der Waals surface area contributed by atoms with Crippen LogP contribution in [0.5, 0.6) is 0 Å². The number of methoxy groups -OCH3 is 1. The summed E-state index contributed by atoms with van der Waals surface area (Å²) in [7, 11) is 1.16. The van der Waals surface area contributed by atoms with Crippen molar-refractivity contribution in [2.75, 3.05) is 18.2 Å². The number of hydrogen-bond acceptors (Lipinski definition) is 4. The molecule has 1 N–H and O–H groups in total. The van der Waals surface area contributed by atoms with Gasteiger partial charge in [-0.25, -0.2) is 13.6 Å². The number of halogens is 2. The van der Waals surface area contributed by atoms with Crippen LogP contribution in [-0.2, 0) is 4.74 Å². The lowest BCUT2D eigenvalue weighted by Gasteiger charge is -2.19. The van der Waals surface area contributed by atoms with Crippen LogP contribution >= 0.6 is 11.8 Å². The Bertz CT molecular complexity index is 496. The Morgan fingerprint density at radius 1 is 1.42 bits per heavy atom. The van der Waals surface area contributed by atoms with Crippen LogP contribution in [0.3, 0.4) is 0 Å². The maximum absolute atomic E-state index is 13.7. The molecule has 3 nitrogen and oxygen atoms in total. The molecule has 19 heavy (non-hydrogen) atoms. The number of nitrogens with one attached hydrogen (secondary N) is 1. The number of ether oxygens (including phenoxy) is 1. The van der Waals surface area contributed by atoms with Crippen LogP contribution in [0, 0.1) is 11.6 Å². The number of carbonyl (C=O) groups excluding carboxylic acids is 1. The van der Waals surface area contributed by atoms with Crippen molar-refractivity contribution in [1.29, 1.82) is 0 Å². The Labute approximate surface area is 114 Å². The molecule has 1 heterocycles. The van der Waals surface area contributed by atoms with E-state index in [1.165, 1.54) is 6.07 Å². The van der Waals surface area contributed by atoms with Gasteiger partial charge in [0.05, 0.1) is 18.4 Å². The molecule has 1 aromatic carbocycles. The van der Waals surface area contributed by atoms with Gasteiger partial charge in [-0.2, -0.15) is 11.8 Å². The first-order valence-corrected chi connectivity index (χ1v) is 7.03. The van der Waals surface area contributed by atoms with E-state index in [4.69, 9.17) is 0 Å². The van der Waals surface area contributed by atoms with E-state index < -0.39 is 17.6 Å². The van der Waals surface area contributed by atoms with Crippen molar-refractivity contribution >= 4 is 23.4 Å². The molecule has 0 amide bonds. The summed E-state index contributed by atoms with van der Waals surface area (Å²) in [6.07, 6.45) is 0.913. The maximum Gasteiger partial charge on any atom is 0.340 e. The van der Waals surface area contributed by atoms with Crippen molar-refractivity contribution < 1.29 is 18.3 Å². The highest BCUT2D eigenvalue weighted by atomic mass is 32.2. The van der Waals surface area contributed by atoms with Gasteiger partial charge in [-0.1, -0.05) is 6.92 Å². The van der Waals surface area contributed by atoms with Gasteiger partial charge in [-0.15, -0.1) is 0 Å². The van der Waals surface area contributed by atoms with E-state index in [1.807, 2.05) is 0 Å². The fraction of sp³-hybridized carbons (Fsp3) is 0.462. The zero-order chi connectivity index (χ0) is 14.0. The molecule has 1 fully saturated rings. The van der Waals surface area contributed by atoms with Crippen molar-refractivity contribution in [1.82, 2.24) is 0 Å². The smallest absolute Gasteiger partial charge is 0.340 e. The van der Waals surface area contributed by atoms with E-state index in [2.05, 4.69) is 17.0 Å². The predicted octanol–water partition coefficient (Wildman–Crippen LogP) is 3.06. The van der Waals surface area contributed by atoms with E-state index in [0.717, 1.165) is 19.3 Å². The average molecular weight is 287 g/mol. The van der Waals surface area contributed by atoms with Crippen molar-refractivity contribution in [3.8, 4) is 0 Å². The summed E-state index contributed by atoms with van der Waals surface area (Å²) >= 11 is 1.80. The number of thioether (sulfide) groups is 1. The van der Waals surface area contributed by atoms with Gasteiger partial charge >= 0.3 is 5.97 Å². The Balaban J connectivity index is 2.27. The number of esters is 1. The summed E-state index contributed by atoms with van der Waals surface area (Å²) in [4.78, 5) is 11.4. The fourth-order valence-corrected chi connectivity index (χ4v) is 3.25. The van der Waals surface area contributed by atoms with Crippen molar-refractivity contribution in [3.05, 3.63) is 29.3 Å². The van der Waals surface area contributed by atoms with Crippen LogP contribution in [0.25, 0.3) is 0 Å². The zero-order valence-electron chi connectivity index (χ0n) is 10.7. The molecule has 0 aliphatic carbocycles. The number of anilines is 1. The highest BCUT2D eigenvalue weighted by Gasteiger charge is 2.25. The number of carbonyl (C=O) groups is 1. The molecule has 1 aliphatic heterocycles. The minimum atomic E-state index is -0.913. The van der Waals surface area contributed by atoms with Crippen LogP contribution in [0.1, 0.15) is 23.7 Å². The normalized spacial score (nSPS) is 22.3. The molecule has 0 spiro atoms. The summed E-state index contributed by atoms with van der Waals surface area (Å²) in [6.45, 7) is 2.05. The lowest BCUT2D eigenvalue weighted by atomic mass is 10.1. The van der Waals surface area contributed by atoms with Crippen molar-refractivity contribution in [2.45, 2.75) is 24.6 Å². The standard InChI is InChI=1S/C13H15F2NO2S/c1-7-11(3-4-19-7)16-12-5-8(13(17)18-2)9(14)6-10(12)15/h5-7,11,16H,3-4H2,1-2H3. The van der Waals surface area contributed by atoms with E-state index >= 15 is 0 Å². The highest BCUT2D eigenvalue weighted by Crippen LogP contribution is 2.30. The summed E-state index contributed by atoms with van der Waals surface area (Å²) < 4.78 is 31.7. The van der Waals surface area contributed by atoms with E-state index in [-0.39, 0.29) is 17.3 Å². The van der Waals surface area contributed by atoms with E-state index in [1.54, 1.807) is 11.8 Å². The zero-order valence-corrected chi connectivity index (χ0v) is 11.5. The Kier molecular flexibility index (Phi) is 4.29. The Morgan fingerprint density at radius 3 is 2.74 bits per heavy atom. The first-order valence-electron chi connectivity index (χ1n) is 5.98. The summed E-state index contributed by atoms with van der Waals surface area (Å²) in [5.41, 5.74) is -0.120. The molecule has 6 heteroatoms. The van der Waals surface area contributed by atoms with Crippen LogP contribution in [-0.4, -0.2) is 30.1 Å². The molecule has 2 rings (SSSR count). The molecular weight excluding hydrogens is 272 g/mol. The maximum atomic E-state index is 13.7. The molecule has 0 aromatic heterocycles. The second-order valence-corrected chi connectivity index (χ2v) is 5.90. The molecule has 2 unspecified atom stereocenters. The van der Waals surface area contributed by atoms with Gasteiger partial charge in [-0.3, -0.25) is 0 Å².